The molecule has 6 heteroatoms. The number of aromatic nitrogens is 1. The molecule has 6 nitrogen and oxygen atoms in total. The van der Waals surface area contributed by atoms with E-state index in [2.05, 4.69) is 15.1 Å². The average molecular weight is 502 g/mol. The lowest BCUT2D eigenvalue weighted by atomic mass is 9.94. The fraction of sp³-hybridized carbons (Fsp3) is 0.156. The molecule has 0 spiro atoms. The maximum Gasteiger partial charge on any atom is 0.225 e. The Morgan fingerprint density at radius 2 is 1.82 bits per heavy atom. The van der Waals surface area contributed by atoms with Crippen LogP contribution >= 0.6 is 0 Å². The minimum absolute atomic E-state index is 0.126. The Morgan fingerprint density at radius 1 is 1.05 bits per heavy atom. The number of hydrogen-bond acceptors (Lipinski definition) is 4. The summed E-state index contributed by atoms with van der Waals surface area (Å²) >= 11 is 0. The van der Waals surface area contributed by atoms with Crippen molar-refractivity contribution in [3.8, 4) is 0 Å². The highest BCUT2D eigenvalue weighted by Gasteiger charge is 2.30. The maximum absolute atomic E-state index is 13.3. The molecule has 0 aliphatic carbocycles. The zero-order chi connectivity index (χ0) is 26.7. The molecule has 3 aromatic carbocycles. The molecule has 0 saturated heterocycles. The molecular weight excluding hydrogens is 474 g/mol. The Morgan fingerprint density at radius 3 is 2.53 bits per heavy atom. The molecule has 188 valence electrons. The number of rotatable bonds is 7. The van der Waals surface area contributed by atoms with Crippen molar-refractivity contribution >= 4 is 22.6 Å². The molecule has 5 aromatic rings. The number of nitrogens with one attached hydrogen (secondary N) is 1. The predicted molar refractivity (Wildman–Crippen MR) is 147 cm³/mol. The summed E-state index contributed by atoms with van der Waals surface area (Å²) in [4.78, 5) is 20.8. The highest BCUT2D eigenvalue weighted by molar-refractivity contribution is 5.83. The Bertz CT molecular complexity index is 1630. The standard InChI is InChI=1S/C32H27N3O3/c1-21-17-26(33-3)10-11-27(21)31(23-7-5-4-6-8-23)35-30(36)19-22-9-12-28-24(18-22)20-29(38-28)32(2,37)25-13-15-34-16-14-25/h4-18,20,31,37H,19H2,1-2H3,(H,35,36). The molecule has 2 atom stereocenters. The van der Waals surface area contributed by atoms with E-state index in [1.807, 2.05) is 73.7 Å². The third-order valence-corrected chi connectivity index (χ3v) is 6.80. The lowest BCUT2D eigenvalue weighted by molar-refractivity contribution is -0.120. The predicted octanol–water partition coefficient (Wildman–Crippen LogP) is 6.39. The van der Waals surface area contributed by atoms with E-state index in [9.17, 15) is 9.90 Å². The van der Waals surface area contributed by atoms with E-state index in [-0.39, 0.29) is 18.4 Å². The molecule has 2 aromatic heterocycles. The molecule has 1 amide bonds. The Hall–Kier alpha value is -4.73. The highest BCUT2D eigenvalue weighted by atomic mass is 16.4. The van der Waals surface area contributed by atoms with E-state index < -0.39 is 5.60 Å². The summed E-state index contributed by atoms with van der Waals surface area (Å²) in [7, 11) is 0. The molecule has 2 heterocycles. The van der Waals surface area contributed by atoms with Gasteiger partial charge in [0.2, 0.25) is 5.91 Å². The largest absolute Gasteiger partial charge is 0.458 e. The fourth-order valence-corrected chi connectivity index (χ4v) is 4.70. The van der Waals surface area contributed by atoms with E-state index in [1.165, 1.54) is 0 Å². The number of nitrogens with zero attached hydrogens (tertiary/aromatic N) is 2. The normalized spacial score (nSPS) is 13.4. The number of amides is 1. The molecule has 38 heavy (non-hydrogen) atoms. The van der Waals surface area contributed by atoms with Crippen LogP contribution in [0.3, 0.4) is 0 Å². The second kappa shape index (κ2) is 10.3. The van der Waals surface area contributed by atoms with Crippen molar-refractivity contribution in [1.29, 1.82) is 0 Å². The van der Waals surface area contributed by atoms with Crippen LogP contribution in [0.15, 0.2) is 102 Å². The van der Waals surface area contributed by atoms with E-state index in [4.69, 9.17) is 11.0 Å². The first-order valence-corrected chi connectivity index (χ1v) is 12.3. The van der Waals surface area contributed by atoms with Crippen LogP contribution in [0.1, 0.15) is 46.5 Å². The summed E-state index contributed by atoms with van der Waals surface area (Å²) in [6.45, 7) is 10.9. The summed E-state index contributed by atoms with van der Waals surface area (Å²) < 4.78 is 5.97. The number of hydrogen-bond donors (Lipinski definition) is 2. The maximum atomic E-state index is 13.3. The molecule has 0 fully saturated rings. The van der Waals surface area contributed by atoms with Gasteiger partial charge in [-0.05, 0) is 66.4 Å². The molecule has 0 radical (unpaired) electrons. The van der Waals surface area contributed by atoms with E-state index in [1.54, 1.807) is 37.5 Å². The molecule has 0 bridgehead atoms. The lowest BCUT2D eigenvalue weighted by Crippen LogP contribution is -2.31. The number of fused-ring (bicyclic) bond motifs is 1. The Balaban J connectivity index is 1.39. The van der Waals surface area contributed by atoms with Gasteiger partial charge < -0.3 is 14.8 Å². The third-order valence-electron chi connectivity index (χ3n) is 6.80. The van der Waals surface area contributed by atoms with Gasteiger partial charge in [-0.1, -0.05) is 60.2 Å². The number of benzene rings is 3. The van der Waals surface area contributed by atoms with Gasteiger partial charge in [-0.3, -0.25) is 9.78 Å². The van der Waals surface area contributed by atoms with Gasteiger partial charge in [0.05, 0.1) is 19.0 Å². The molecular formula is C32H27N3O3. The first-order chi connectivity index (χ1) is 18.3. The SMILES string of the molecule is [C-]#[N+]c1ccc(C(NC(=O)Cc2ccc3oc(C(C)(O)c4ccncc4)cc3c2)c2ccccc2)c(C)c1. The van der Waals surface area contributed by atoms with Crippen LogP contribution in [0.4, 0.5) is 5.69 Å². The van der Waals surface area contributed by atoms with E-state index >= 15 is 0 Å². The van der Waals surface area contributed by atoms with Crippen molar-refractivity contribution in [2.24, 2.45) is 0 Å². The molecule has 2 unspecified atom stereocenters. The summed E-state index contributed by atoms with van der Waals surface area (Å²) in [5.74, 6) is 0.294. The monoisotopic (exact) mass is 501 g/mol. The van der Waals surface area contributed by atoms with Crippen LogP contribution in [0, 0.1) is 13.5 Å². The topological polar surface area (TPSA) is 79.7 Å². The first-order valence-electron chi connectivity index (χ1n) is 12.3. The number of pyridine rings is 1. The number of carbonyl (C=O) groups is 1. The lowest BCUT2D eigenvalue weighted by Gasteiger charge is -2.22. The summed E-state index contributed by atoms with van der Waals surface area (Å²) in [5, 5.41) is 15.1. The number of aryl methyl sites for hydroxylation is 1. The molecule has 2 N–H and O–H groups in total. The van der Waals surface area contributed by atoms with Gasteiger partial charge in [0.15, 0.2) is 5.69 Å². The minimum atomic E-state index is -1.32. The molecule has 0 saturated carbocycles. The quantitative estimate of drug-likeness (QED) is 0.253. The fourth-order valence-electron chi connectivity index (χ4n) is 4.70. The average Bonchev–Trinajstić information content (AvgIpc) is 3.37. The summed E-state index contributed by atoms with van der Waals surface area (Å²) in [5.41, 5.74) is 4.26. The van der Waals surface area contributed by atoms with Crippen molar-refractivity contribution in [2.45, 2.75) is 31.9 Å². The van der Waals surface area contributed by atoms with Gasteiger partial charge in [-0.15, -0.1) is 0 Å². The third kappa shape index (κ3) is 5.06. The zero-order valence-electron chi connectivity index (χ0n) is 21.2. The summed E-state index contributed by atoms with van der Waals surface area (Å²) in [6.07, 6.45) is 3.44. The highest BCUT2D eigenvalue weighted by Crippen LogP contribution is 2.34. The number of aliphatic hydroxyl groups is 1. The van der Waals surface area contributed by atoms with E-state index in [0.29, 0.717) is 22.6 Å². The minimum Gasteiger partial charge on any atom is -0.458 e. The van der Waals surface area contributed by atoms with Gasteiger partial charge >= 0.3 is 0 Å². The molecule has 0 aliphatic rings. The number of carbonyl (C=O) groups excluding carboxylic acids is 1. The van der Waals surface area contributed by atoms with Gasteiger partial charge in [0.1, 0.15) is 16.9 Å². The molecule has 5 rings (SSSR count). The van der Waals surface area contributed by atoms with E-state index in [0.717, 1.165) is 27.6 Å². The van der Waals surface area contributed by atoms with Crippen molar-refractivity contribution in [3.63, 3.8) is 0 Å². The second-order valence-corrected chi connectivity index (χ2v) is 9.53. The van der Waals surface area contributed by atoms with Crippen molar-refractivity contribution in [1.82, 2.24) is 10.3 Å². The Kier molecular flexibility index (Phi) is 6.78. The Labute approximate surface area is 221 Å². The second-order valence-electron chi connectivity index (χ2n) is 9.53. The van der Waals surface area contributed by atoms with Crippen molar-refractivity contribution in [3.05, 3.63) is 142 Å². The van der Waals surface area contributed by atoms with Gasteiger partial charge in [0, 0.05) is 17.8 Å². The first kappa shape index (κ1) is 24.9. The van der Waals surface area contributed by atoms with Crippen LogP contribution in [0.5, 0.6) is 0 Å². The van der Waals surface area contributed by atoms with Crippen molar-refractivity contribution < 1.29 is 14.3 Å². The van der Waals surface area contributed by atoms with Crippen LogP contribution in [-0.2, 0) is 16.8 Å². The summed E-state index contributed by atoms with van der Waals surface area (Å²) in [6, 6.07) is 25.9. The smallest absolute Gasteiger partial charge is 0.225 e. The van der Waals surface area contributed by atoms with Gasteiger partial charge in [0.25, 0.3) is 0 Å². The molecule has 0 aliphatic heterocycles. The zero-order valence-corrected chi connectivity index (χ0v) is 21.2. The van der Waals surface area contributed by atoms with Gasteiger partial charge in [-0.2, -0.15) is 0 Å². The van der Waals surface area contributed by atoms with Crippen LogP contribution in [-0.4, -0.2) is 16.0 Å². The van der Waals surface area contributed by atoms with Gasteiger partial charge in [-0.25, -0.2) is 4.85 Å². The van der Waals surface area contributed by atoms with Crippen LogP contribution in [0.2, 0.25) is 0 Å². The van der Waals surface area contributed by atoms with Crippen LogP contribution < -0.4 is 5.32 Å². The van der Waals surface area contributed by atoms with Crippen LogP contribution in [0.25, 0.3) is 15.8 Å². The van der Waals surface area contributed by atoms with Crippen molar-refractivity contribution in [2.75, 3.05) is 0 Å². The number of furan rings is 1.